The van der Waals surface area contributed by atoms with E-state index in [1.165, 1.54) is 30.9 Å². The molecule has 17 heavy (non-hydrogen) atoms. The molecule has 0 saturated carbocycles. The molecule has 3 nitrogen and oxygen atoms in total. The average molecular weight is 300 g/mol. The molecule has 88 valence electrons. The lowest BCUT2D eigenvalue weighted by atomic mass is 10.0. The second-order valence-electron chi connectivity index (χ2n) is 3.43. The fourth-order valence-electron chi connectivity index (χ4n) is 1.49. The summed E-state index contributed by atoms with van der Waals surface area (Å²) in [4.78, 5) is 7.53. The summed E-state index contributed by atoms with van der Waals surface area (Å²) in [7, 11) is 0. The molecule has 0 radical (unpaired) electrons. The first-order valence-electron chi connectivity index (χ1n) is 4.74. The largest absolute Gasteiger partial charge is 0.320 e. The number of hydrogen-bond donors (Lipinski definition) is 1. The first-order valence-corrected chi connectivity index (χ1v) is 5.54. The minimum Gasteiger partial charge on any atom is -0.320 e. The molecule has 6 heteroatoms. The fraction of sp³-hybridized carbons (Fsp3) is 0.0909. The van der Waals surface area contributed by atoms with Crippen molar-refractivity contribution in [3.8, 4) is 0 Å². The molecule has 0 fully saturated rings. The van der Waals surface area contributed by atoms with Crippen LogP contribution in [0, 0.1) is 11.6 Å². The highest BCUT2D eigenvalue weighted by Gasteiger charge is 2.19. The summed E-state index contributed by atoms with van der Waals surface area (Å²) < 4.78 is 27.6. The van der Waals surface area contributed by atoms with Crippen LogP contribution in [0.1, 0.15) is 17.2 Å². The van der Waals surface area contributed by atoms with Crippen molar-refractivity contribution in [2.24, 2.45) is 5.73 Å². The van der Waals surface area contributed by atoms with Crippen molar-refractivity contribution < 1.29 is 8.78 Å². The van der Waals surface area contributed by atoms with Crippen LogP contribution in [-0.2, 0) is 0 Å². The van der Waals surface area contributed by atoms with Gasteiger partial charge in [-0.3, -0.25) is 0 Å². The van der Waals surface area contributed by atoms with Crippen molar-refractivity contribution in [3.63, 3.8) is 0 Å². The zero-order valence-electron chi connectivity index (χ0n) is 8.57. The first-order chi connectivity index (χ1) is 8.09. The van der Waals surface area contributed by atoms with Crippen molar-refractivity contribution in [1.29, 1.82) is 0 Å². The number of rotatable bonds is 2. The smallest absolute Gasteiger partial charge is 0.132 e. The van der Waals surface area contributed by atoms with E-state index in [0.29, 0.717) is 10.0 Å². The van der Waals surface area contributed by atoms with Gasteiger partial charge in [-0.15, -0.1) is 0 Å². The van der Waals surface area contributed by atoms with Gasteiger partial charge in [0.25, 0.3) is 0 Å². The Morgan fingerprint density at radius 1 is 1.12 bits per heavy atom. The number of benzene rings is 1. The maximum Gasteiger partial charge on any atom is 0.132 e. The maximum atomic E-state index is 13.7. The third kappa shape index (κ3) is 2.48. The van der Waals surface area contributed by atoms with E-state index >= 15 is 0 Å². The molecule has 0 aliphatic carbocycles. The minimum atomic E-state index is -0.927. The highest BCUT2D eigenvalue weighted by molar-refractivity contribution is 9.10. The molecule has 2 rings (SSSR count). The van der Waals surface area contributed by atoms with Crippen LogP contribution in [0.25, 0.3) is 0 Å². The van der Waals surface area contributed by atoms with Gasteiger partial charge >= 0.3 is 0 Å². The van der Waals surface area contributed by atoms with Crippen molar-refractivity contribution in [2.45, 2.75) is 6.04 Å². The van der Waals surface area contributed by atoms with Crippen LogP contribution in [0.4, 0.5) is 8.78 Å². The van der Waals surface area contributed by atoms with Gasteiger partial charge in [-0.25, -0.2) is 18.7 Å². The molecule has 1 aromatic heterocycles. The highest BCUT2D eigenvalue weighted by atomic mass is 79.9. The van der Waals surface area contributed by atoms with Gasteiger partial charge in [0, 0.05) is 28.0 Å². The summed E-state index contributed by atoms with van der Waals surface area (Å²) in [5.41, 5.74) is 6.05. The van der Waals surface area contributed by atoms with Crippen molar-refractivity contribution in [1.82, 2.24) is 9.97 Å². The highest BCUT2D eigenvalue weighted by Crippen LogP contribution is 2.26. The van der Waals surface area contributed by atoms with E-state index in [4.69, 9.17) is 5.73 Å². The molecule has 2 aromatic rings. The lowest BCUT2D eigenvalue weighted by Crippen LogP contribution is -2.16. The van der Waals surface area contributed by atoms with Crippen LogP contribution >= 0.6 is 15.9 Å². The zero-order valence-corrected chi connectivity index (χ0v) is 10.2. The molecule has 0 spiro atoms. The standard InChI is InChI=1S/C11H8BrF2N3/c12-7-1-8(13)10(9(14)2-7)11(15)6-3-16-5-17-4-6/h1-5,11H,15H2. The second kappa shape index (κ2) is 4.85. The molecule has 1 heterocycles. The maximum absolute atomic E-state index is 13.7. The first kappa shape index (κ1) is 12.1. The van der Waals surface area contributed by atoms with Gasteiger partial charge in [-0.05, 0) is 12.1 Å². The molecular weight excluding hydrogens is 292 g/mol. The number of nitrogens with zero attached hydrogens (tertiary/aromatic N) is 2. The van der Waals surface area contributed by atoms with Gasteiger partial charge in [0.15, 0.2) is 0 Å². The summed E-state index contributed by atoms with van der Waals surface area (Å²) in [6.45, 7) is 0. The third-order valence-corrected chi connectivity index (χ3v) is 2.75. The number of nitrogens with two attached hydrogens (primary N) is 1. The van der Waals surface area contributed by atoms with Gasteiger partial charge < -0.3 is 5.73 Å². The Balaban J connectivity index is 2.48. The van der Waals surface area contributed by atoms with Crippen molar-refractivity contribution in [3.05, 3.63) is 58.1 Å². The zero-order chi connectivity index (χ0) is 12.4. The van der Waals surface area contributed by atoms with Crippen LogP contribution < -0.4 is 5.73 Å². The van der Waals surface area contributed by atoms with Gasteiger partial charge in [0.1, 0.15) is 18.0 Å². The summed E-state index contributed by atoms with van der Waals surface area (Å²) in [5, 5.41) is 0. The predicted molar refractivity (Wildman–Crippen MR) is 62.1 cm³/mol. The summed E-state index contributed by atoms with van der Waals surface area (Å²) in [6.07, 6.45) is 4.18. The normalized spacial score (nSPS) is 12.5. The Hall–Kier alpha value is -1.40. The van der Waals surface area contributed by atoms with E-state index in [-0.39, 0.29) is 5.56 Å². The topological polar surface area (TPSA) is 51.8 Å². The summed E-state index contributed by atoms with van der Waals surface area (Å²) >= 11 is 3.01. The second-order valence-corrected chi connectivity index (χ2v) is 4.35. The number of aromatic nitrogens is 2. The molecule has 0 amide bonds. The summed E-state index contributed by atoms with van der Waals surface area (Å²) in [6, 6.07) is 1.41. The van der Waals surface area contributed by atoms with Crippen LogP contribution in [0.2, 0.25) is 0 Å². The number of halogens is 3. The van der Waals surface area contributed by atoms with Crippen molar-refractivity contribution >= 4 is 15.9 Å². The van der Waals surface area contributed by atoms with Crippen LogP contribution in [0.15, 0.2) is 35.3 Å². The molecule has 0 bridgehead atoms. The SMILES string of the molecule is NC(c1cncnc1)c1c(F)cc(Br)cc1F. The quantitative estimate of drug-likeness (QED) is 0.927. The Kier molecular flexibility index (Phi) is 3.44. The average Bonchev–Trinajstić information content (AvgIpc) is 2.28. The van der Waals surface area contributed by atoms with Crippen LogP contribution in [-0.4, -0.2) is 9.97 Å². The summed E-state index contributed by atoms with van der Waals surface area (Å²) in [5.74, 6) is -1.40. The predicted octanol–water partition coefficient (Wildman–Crippen LogP) is 2.57. The van der Waals surface area contributed by atoms with E-state index in [9.17, 15) is 8.78 Å². The van der Waals surface area contributed by atoms with Gasteiger partial charge in [-0.1, -0.05) is 15.9 Å². The van der Waals surface area contributed by atoms with Crippen LogP contribution in [0.3, 0.4) is 0 Å². The van der Waals surface area contributed by atoms with Gasteiger partial charge in [0.2, 0.25) is 0 Å². The van der Waals surface area contributed by atoms with Gasteiger partial charge in [0.05, 0.1) is 6.04 Å². The lowest BCUT2D eigenvalue weighted by Gasteiger charge is -2.13. The molecular formula is C11H8BrF2N3. The molecule has 0 aliphatic heterocycles. The molecule has 1 aromatic carbocycles. The minimum absolute atomic E-state index is 0.192. The molecule has 0 saturated heterocycles. The lowest BCUT2D eigenvalue weighted by molar-refractivity contribution is 0.541. The third-order valence-electron chi connectivity index (χ3n) is 2.29. The van der Waals surface area contributed by atoms with E-state index in [1.807, 2.05) is 0 Å². The van der Waals surface area contributed by atoms with E-state index in [1.54, 1.807) is 0 Å². The fourth-order valence-corrected chi connectivity index (χ4v) is 1.89. The monoisotopic (exact) mass is 299 g/mol. The van der Waals surface area contributed by atoms with Crippen molar-refractivity contribution in [2.75, 3.05) is 0 Å². The van der Waals surface area contributed by atoms with E-state index in [2.05, 4.69) is 25.9 Å². The molecule has 2 N–H and O–H groups in total. The van der Waals surface area contributed by atoms with E-state index < -0.39 is 17.7 Å². The van der Waals surface area contributed by atoms with Gasteiger partial charge in [-0.2, -0.15) is 0 Å². The Morgan fingerprint density at radius 3 is 2.18 bits per heavy atom. The molecule has 1 unspecified atom stereocenters. The Morgan fingerprint density at radius 2 is 1.65 bits per heavy atom. The molecule has 0 aliphatic rings. The van der Waals surface area contributed by atoms with Crippen LogP contribution in [0.5, 0.6) is 0 Å². The Labute approximate surface area is 105 Å². The van der Waals surface area contributed by atoms with E-state index in [0.717, 1.165) is 0 Å². The number of hydrogen-bond acceptors (Lipinski definition) is 3. The Bertz CT molecular complexity index is 510. The molecule has 1 atom stereocenters.